The monoisotopic (exact) mass is 403 g/mol. The van der Waals surface area contributed by atoms with Crippen molar-refractivity contribution in [2.45, 2.75) is 12.8 Å². The molecule has 0 saturated carbocycles. The standard InChI is InChI=1S/C23H21N3O4/c1-12(27)26-11-17-22(23(26)28)20(13-7-8-18(29-2)19(9-13)30-3)14-10-24-15-5-4-6-16(25-17)21(14)15/h4-10,20,24-25H,11H2,1-3H3. The third-order valence-corrected chi connectivity index (χ3v) is 5.86. The molecule has 1 unspecified atom stereocenters. The first-order valence-corrected chi connectivity index (χ1v) is 9.68. The molecule has 1 aromatic heterocycles. The number of anilines is 1. The first-order chi connectivity index (χ1) is 14.5. The van der Waals surface area contributed by atoms with Gasteiger partial charge in [0.1, 0.15) is 0 Å². The minimum Gasteiger partial charge on any atom is -0.493 e. The van der Waals surface area contributed by atoms with Gasteiger partial charge in [0.25, 0.3) is 5.91 Å². The van der Waals surface area contributed by atoms with Gasteiger partial charge in [0.2, 0.25) is 5.91 Å². The van der Waals surface area contributed by atoms with Crippen molar-refractivity contribution in [2.75, 3.05) is 26.1 Å². The first kappa shape index (κ1) is 18.3. The quantitative estimate of drug-likeness (QED) is 0.700. The molecule has 2 aliphatic rings. The molecule has 0 aliphatic carbocycles. The number of nitrogens with zero attached hydrogens (tertiary/aromatic N) is 1. The lowest BCUT2D eigenvalue weighted by molar-refractivity contribution is -0.139. The molecule has 3 heterocycles. The number of amides is 2. The van der Waals surface area contributed by atoms with Gasteiger partial charge in [-0.25, -0.2) is 0 Å². The molecule has 2 aliphatic heterocycles. The van der Waals surface area contributed by atoms with Crippen LogP contribution in [-0.4, -0.2) is 42.5 Å². The Morgan fingerprint density at radius 3 is 2.67 bits per heavy atom. The van der Waals surface area contributed by atoms with Crippen LogP contribution in [0.2, 0.25) is 0 Å². The average molecular weight is 403 g/mol. The van der Waals surface area contributed by atoms with Gasteiger partial charge in [-0.05, 0) is 35.4 Å². The van der Waals surface area contributed by atoms with Crippen molar-refractivity contribution in [1.82, 2.24) is 9.88 Å². The molecule has 2 N–H and O–H groups in total. The molecule has 0 spiro atoms. The molecular weight excluding hydrogens is 382 g/mol. The normalized spacial score (nSPS) is 17.6. The molecule has 1 atom stereocenters. The largest absolute Gasteiger partial charge is 0.493 e. The maximum Gasteiger partial charge on any atom is 0.259 e. The fourth-order valence-corrected chi connectivity index (χ4v) is 4.49. The number of hydrogen-bond acceptors (Lipinski definition) is 5. The van der Waals surface area contributed by atoms with Crippen LogP contribution in [0, 0.1) is 0 Å². The van der Waals surface area contributed by atoms with E-state index in [9.17, 15) is 9.59 Å². The van der Waals surface area contributed by atoms with E-state index in [2.05, 4.69) is 10.3 Å². The number of rotatable bonds is 3. The maximum absolute atomic E-state index is 13.3. The Morgan fingerprint density at radius 2 is 1.93 bits per heavy atom. The van der Waals surface area contributed by atoms with Crippen molar-refractivity contribution in [3.8, 4) is 11.5 Å². The van der Waals surface area contributed by atoms with Crippen LogP contribution in [0.25, 0.3) is 10.9 Å². The van der Waals surface area contributed by atoms with Gasteiger partial charge in [-0.1, -0.05) is 12.1 Å². The van der Waals surface area contributed by atoms with Crippen molar-refractivity contribution < 1.29 is 19.1 Å². The molecule has 2 aromatic carbocycles. The van der Waals surface area contributed by atoms with Gasteiger partial charge in [0, 0.05) is 41.3 Å². The van der Waals surface area contributed by atoms with E-state index in [0.29, 0.717) is 17.1 Å². The molecule has 2 amide bonds. The predicted octanol–water partition coefficient (Wildman–Crippen LogP) is 3.39. The van der Waals surface area contributed by atoms with Crippen LogP contribution in [0.3, 0.4) is 0 Å². The number of aromatic amines is 1. The smallest absolute Gasteiger partial charge is 0.259 e. The summed E-state index contributed by atoms with van der Waals surface area (Å²) in [5, 5.41) is 4.46. The van der Waals surface area contributed by atoms with Gasteiger partial charge < -0.3 is 19.8 Å². The summed E-state index contributed by atoms with van der Waals surface area (Å²) in [6.07, 6.45) is 1.94. The lowest BCUT2D eigenvalue weighted by Gasteiger charge is -2.20. The number of H-pyrrole nitrogens is 1. The third kappa shape index (κ3) is 2.51. The summed E-state index contributed by atoms with van der Waals surface area (Å²) in [5.41, 5.74) is 5.09. The second-order valence-corrected chi connectivity index (χ2v) is 7.45. The van der Waals surface area contributed by atoms with Gasteiger partial charge >= 0.3 is 0 Å². The minimum absolute atomic E-state index is 0.234. The van der Waals surface area contributed by atoms with Crippen LogP contribution in [0.4, 0.5) is 5.69 Å². The van der Waals surface area contributed by atoms with Crippen LogP contribution in [0.15, 0.2) is 53.9 Å². The number of carbonyl (C=O) groups is 2. The summed E-state index contributed by atoms with van der Waals surface area (Å²) >= 11 is 0. The van der Waals surface area contributed by atoms with Crippen molar-refractivity contribution in [3.05, 3.63) is 65.0 Å². The van der Waals surface area contributed by atoms with Gasteiger partial charge in [0.05, 0.1) is 26.3 Å². The number of hydrogen-bond donors (Lipinski definition) is 2. The minimum atomic E-state index is -0.360. The van der Waals surface area contributed by atoms with E-state index >= 15 is 0 Å². The molecule has 0 fully saturated rings. The van der Waals surface area contributed by atoms with Gasteiger partial charge in [0.15, 0.2) is 11.5 Å². The van der Waals surface area contributed by atoms with E-state index in [4.69, 9.17) is 9.47 Å². The molecule has 5 rings (SSSR count). The summed E-state index contributed by atoms with van der Waals surface area (Å²) in [4.78, 5) is 30.0. The predicted molar refractivity (Wildman–Crippen MR) is 113 cm³/mol. The van der Waals surface area contributed by atoms with Gasteiger partial charge in [-0.3, -0.25) is 14.5 Å². The molecular formula is C23H21N3O4. The number of nitrogens with one attached hydrogen (secondary N) is 2. The van der Waals surface area contributed by atoms with E-state index in [-0.39, 0.29) is 24.3 Å². The zero-order valence-electron chi connectivity index (χ0n) is 16.9. The lowest BCUT2D eigenvalue weighted by atomic mass is 9.84. The second kappa shape index (κ2) is 6.66. The zero-order chi connectivity index (χ0) is 21.0. The highest BCUT2D eigenvalue weighted by atomic mass is 16.5. The molecule has 30 heavy (non-hydrogen) atoms. The maximum atomic E-state index is 13.3. The van der Waals surface area contributed by atoms with Crippen LogP contribution < -0.4 is 14.8 Å². The molecule has 152 valence electrons. The Morgan fingerprint density at radius 1 is 1.13 bits per heavy atom. The molecule has 7 heteroatoms. The molecule has 0 saturated heterocycles. The summed E-state index contributed by atoms with van der Waals surface area (Å²) in [5.74, 6) is 0.301. The molecule has 7 nitrogen and oxygen atoms in total. The lowest BCUT2D eigenvalue weighted by Crippen LogP contribution is -2.33. The topological polar surface area (TPSA) is 83.7 Å². The first-order valence-electron chi connectivity index (χ1n) is 9.68. The van der Waals surface area contributed by atoms with Gasteiger partial charge in [-0.15, -0.1) is 0 Å². The number of benzene rings is 2. The SMILES string of the molecule is COc1ccc(C2C3=C(CN(C(C)=O)C3=O)Nc3cccc4[nH]cc2c34)cc1OC. The Hall–Kier alpha value is -3.74. The van der Waals surface area contributed by atoms with E-state index < -0.39 is 0 Å². The fraction of sp³-hybridized carbons (Fsp3) is 0.217. The second-order valence-electron chi connectivity index (χ2n) is 7.45. The average Bonchev–Trinajstić information content (AvgIpc) is 3.27. The number of imide groups is 1. The van der Waals surface area contributed by atoms with Crippen LogP contribution >= 0.6 is 0 Å². The Kier molecular flexibility index (Phi) is 4.06. The Labute approximate surface area is 173 Å². The summed E-state index contributed by atoms with van der Waals surface area (Å²) in [6.45, 7) is 1.65. The summed E-state index contributed by atoms with van der Waals surface area (Å²) in [6, 6.07) is 11.6. The van der Waals surface area contributed by atoms with Crippen molar-refractivity contribution >= 4 is 28.4 Å². The van der Waals surface area contributed by atoms with Gasteiger partial charge in [-0.2, -0.15) is 0 Å². The van der Waals surface area contributed by atoms with Crippen LogP contribution in [0.1, 0.15) is 24.0 Å². The highest BCUT2D eigenvalue weighted by Gasteiger charge is 2.41. The Balaban J connectivity index is 1.77. The molecule has 0 radical (unpaired) electrons. The van der Waals surface area contributed by atoms with E-state index in [1.54, 1.807) is 14.2 Å². The number of aromatic nitrogens is 1. The third-order valence-electron chi connectivity index (χ3n) is 5.86. The molecule has 3 aromatic rings. The number of carbonyl (C=O) groups excluding carboxylic acids is 2. The summed E-state index contributed by atoms with van der Waals surface area (Å²) in [7, 11) is 3.17. The highest BCUT2D eigenvalue weighted by molar-refractivity contribution is 6.11. The van der Waals surface area contributed by atoms with Crippen molar-refractivity contribution in [2.24, 2.45) is 0 Å². The fourth-order valence-electron chi connectivity index (χ4n) is 4.49. The van der Waals surface area contributed by atoms with E-state index in [0.717, 1.165) is 33.4 Å². The number of ether oxygens (including phenoxy) is 2. The van der Waals surface area contributed by atoms with E-state index in [1.807, 2.05) is 42.6 Å². The van der Waals surface area contributed by atoms with Crippen molar-refractivity contribution in [3.63, 3.8) is 0 Å². The molecule has 0 bridgehead atoms. The number of methoxy groups -OCH3 is 2. The van der Waals surface area contributed by atoms with Crippen LogP contribution in [0.5, 0.6) is 11.5 Å². The van der Waals surface area contributed by atoms with Crippen molar-refractivity contribution in [1.29, 1.82) is 0 Å². The Bertz CT molecular complexity index is 1240. The van der Waals surface area contributed by atoms with E-state index in [1.165, 1.54) is 11.8 Å². The van der Waals surface area contributed by atoms with Crippen LogP contribution in [-0.2, 0) is 9.59 Å². The summed E-state index contributed by atoms with van der Waals surface area (Å²) < 4.78 is 10.9. The highest BCUT2D eigenvalue weighted by Crippen LogP contribution is 2.46. The zero-order valence-corrected chi connectivity index (χ0v) is 16.9.